The second kappa shape index (κ2) is 5.39. The van der Waals surface area contributed by atoms with Gasteiger partial charge in [-0.1, -0.05) is 40.2 Å². The van der Waals surface area contributed by atoms with Gasteiger partial charge in [-0.05, 0) is 11.1 Å². The highest BCUT2D eigenvalue weighted by Crippen LogP contribution is 2.09. The monoisotopic (exact) mass is 254 g/mol. The zero-order valence-electron chi connectivity index (χ0n) is 7.52. The predicted molar refractivity (Wildman–Crippen MR) is 62.5 cm³/mol. The Morgan fingerprint density at radius 3 is 2.71 bits per heavy atom. The molecule has 0 aliphatic carbocycles. The molecular formula is C9H11BrN4. The summed E-state index contributed by atoms with van der Waals surface area (Å²) in [7, 11) is 0. The molecule has 0 unspecified atom stereocenters. The van der Waals surface area contributed by atoms with Crippen molar-refractivity contribution in [2.75, 3.05) is 0 Å². The summed E-state index contributed by atoms with van der Waals surface area (Å²) in [5.74, 6) is -0.0439. The molecule has 0 aromatic heterocycles. The van der Waals surface area contributed by atoms with E-state index in [1.54, 1.807) is 6.21 Å². The van der Waals surface area contributed by atoms with Crippen molar-refractivity contribution in [2.24, 2.45) is 21.7 Å². The second-order valence-corrected chi connectivity index (χ2v) is 3.16. The van der Waals surface area contributed by atoms with E-state index in [1.165, 1.54) is 0 Å². The molecule has 14 heavy (non-hydrogen) atoms. The molecule has 0 aliphatic heterocycles. The van der Waals surface area contributed by atoms with E-state index in [0.717, 1.165) is 16.5 Å². The summed E-state index contributed by atoms with van der Waals surface area (Å²) in [5.41, 5.74) is 12.4. The normalized spacial score (nSPS) is 10.4. The Kier molecular flexibility index (Phi) is 4.12. The van der Waals surface area contributed by atoms with Crippen LogP contribution in [-0.4, -0.2) is 12.2 Å². The first-order valence-corrected chi connectivity index (χ1v) is 5.12. The van der Waals surface area contributed by atoms with Crippen LogP contribution in [0.4, 0.5) is 0 Å². The molecule has 0 atom stereocenters. The van der Waals surface area contributed by atoms with Gasteiger partial charge in [-0.25, -0.2) is 0 Å². The van der Waals surface area contributed by atoms with Crippen LogP contribution in [0.3, 0.4) is 0 Å². The average molecular weight is 255 g/mol. The first-order valence-electron chi connectivity index (χ1n) is 4.00. The van der Waals surface area contributed by atoms with E-state index in [-0.39, 0.29) is 5.96 Å². The summed E-state index contributed by atoms with van der Waals surface area (Å²) in [5, 5.41) is 8.04. The summed E-state index contributed by atoms with van der Waals surface area (Å²) in [6, 6.07) is 7.85. The molecule has 0 fully saturated rings. The molecule has 1 aromatic carbocycles. The smallest absolute Gasteiger partial charge is 0.211 e. The Morgan fingerprint density at radius 1 is 1.36 bits per heavy atom. The van der Waals surface area contributed by atoms with Crippen molar-refractivity contribution in [1.29, 1.82) is 0 Å². The summed E-state index contributed by atoms with van der Waals surface area (Å²) in [6.07, 6.45) is 1.62. The molecule has 1 aromatic rings. The molecule has 1 rings (SSSR count). The molecule has 74 valence electrons. The number of hydrogen-bond acceptors (Lipinski definition) is 2. The van der Waals surface area contributed by atoms with Gasteiger partial charge in [-0.15, -0.1) is 5.10 Å². The number of alkyl halides is 1. The summed E-state index contributed by atoms with van der Waals surface area (Å²) >= 11 is 3.38. The molecule has 0 spiro atoms. The third-order valence-electron chi connectivity index (χ3n) is 1.57. The van der Waals surface area contributed by atoms with Crippen molar-refractivity contribution in [3.05, 3.63) is 35.4 Å². The summed E-state index contributed by atoms with van der Waals surface area (Å²) < 4.78 is 0. The van der Waals surface area contributed by atoms with Crippen molar-refractivity contribution >= 4 is 28.1 Å². The van der Waals surface area contributed by atoms with Crippen LogP contribution in [0.1, 0.15) is 11.1 Å². The highest BCUT2D eigenvalue weighted by molar-refractivity contribution is 9.08. The van der Waals surface area contributed by atoms with E-state index >= 15 is 0 Å². The standard InChI is InChI=1S/C9H11BrN4/c10-5-7-3-1-2-4-8(7)6-13-14-9(11)12/h1-4,6H,5H2,(H4,11,12,14). The van der Waals surface area contributed by atoms with Gasteiger partial charge < -0.3 is 11.5 Å². The minimum absolute atomic E-state index is 0.0439. The number of nitrogens with two attached hydrogens (primary N) is 2. The fourth-order valence-electron chi connectivity index (χ4n) is 0.940. The van der Waals surface area contributed by atoms with Crippen LogP contribution in [0.25, 0.3) is 0 Å². The zero-order chi connectivity index (χ0) is 10.4. The zero-order valence-corrected chi connectivity index (χ0v) is 9.11. The van der Waals surface area contributed by atoms with Gasteiger partial charge in [-0.3, -0.25) is 0 Å². The molecule has 0 radical (unpaired) electrons. The van der Waals surface area contributed by atoms with E-state index in [4.69, 9.17) is 11.5 Å². The Labute approximate surface area is 90.8 Å². The number of guanidine groups is 1. The van der Waals surface area contributed by atoms with Gasteiger partial charge >= 0.3 is 0 Å². The number of rotatable bonds is 3. The molecule has 0 aliphatic rings. The largest absolute Gasteiger partial charge is 0.369 e. The van der Waals surface area contributed by atoms with Gasteiger partial charge in [0.05, 0.1) is 6.21 Å². The van der Waals surface area contributed by atoms with E-state index in [0.29, 0.717) is 0 Å². The lowest BCUT2D eigenvalue weighted by Crippen LogP contribution is -2.21. The minimum Gasteiger partial charge on any atom is -0.369 e. The van der Waals surface area contributed by atoms with E-state index in [9.17, 15) is 0 Å². The highest BCUT2D eigenvalue weighted by Gasteiger charge is 1.95. The maximum atomic E-state index is 5.13. The van der Waals surface area contributed by atoms with Crippen LogP contribution >= 0.6 is 15.9 Å². The first-order chi connectivity index (χ1) is 6.74. The number of nitrogens with zero attached hydrogens (tertiary/aromatic N) is 2. The molecule has 0 amide bonds. The van der Waals surface area contributed by atoms with E-state index in [1.807, 2.05) is 24.3 Å². The van der Waals surface area contributed by atoms with Crippen LogP contribution < -0.4 is 11.5 Å². The topological polar surface area (TPSA) is 76.8 Å². The lowest BCUT2D eigenvalue weighted by atomic mass is 10.1. The van der Waals surface area contributed by atoms with Gasteiger partial charge in [0.1, 0.15) is 0 Å². The average Bonchev–Trinajstić information content (AvgIpc) is 2.18. The van der Waals surface area contributed by atoms with Crippen molar-refractivity contribution < 1.29 is 0 Å². The Bertz CT molecular complexity index is 356. The van der Waals surface area contributed by atoms with Gasteiger partial charge in [0, 0.05) is 5.33 Å². The van der Waals surface area contributed by atoms with Crippen LogP contribution in [0.15, 0.2) is 34.5 Å². The molecule has 0 bridgehead atoms. The number of benzene rings is 1. The Hall–Kier alpha value is -1.36. The predicted octanol–water partition coefficient (Wildman–Crippen LogP) is 1.19. The fourth-order valence-corrected chi connectivity index (χ4v) is 1.45. The molecule has 0 heterocycles. The maximum Gasteiger partial charge on any atom is 0.211 e. The van der Waals surface area contributed by atoms with Crippen molar-refractivity contribution in [2.45, 2.75) is 5.33 Å². The van der Waals surface area contributed by atoms with Crippen LogP contribution in [0, 0.1) is 0 Å². The first kappa shape index (κ1) is 10.7. The number of hydrogen-bond donors (Lipinski definition) is 2. The summed E-state index contributed by atoms with van der Waals surface area (Å²) in [4.78, 5) is 0. The van der Waals surface area contributed by atoms with Gasteiger partial charge in [0.2, 0.25) is 5.96 Å². The molecule has 0 saturated carbocycles. The van der Waals surface area contributed by atoms with Crippen LogP contribution in [0.2, 0.25) is 0 Å². The SMILES string of the molecule is NC(N)=NN=Cc1ccccc1CBr. The van der Waals surface area contributed by atoms with Gasteiger partial charge in [-0.2, -0.15) is 5.10 Å². The summed E-state index contributed by atoms with van der Waals surface area (Å²) in [6.45, 7) is 0. The molecule has 5 heteroatoms. The lowest BCUT2D eigenvalue weighted by molar-refractivity contribution is 1.21. The van der Waals surface area contributed by atoms with Crippen molar-refractivity contribution in [1.82, 2.24) is 0 Å². The van der Waals surface area contributed by atoms with Crippen LogP contribution in [0.5, 0.6) is 0 Å². The quantitative estimate of drug-likeness (QED) is 0.368. The van der Waals surface area contributed by atoms with Crippen molar-refractivity contribution in [3.63, 3.8) is 0 Å². The highest BCUT2D eigenvalue weighted by atomic mass is 79.9. The van der Waals surface area contributed by atoms with Gasteiger partial charge in [0.25, 0.3) is 0 Å². The van der Waals surface area contributed by atoms with E-state index < -0.39 is 0 Å². The molecule has 0 saturated heterocycles. The fraction of sp³-hybridized carbons (Fsp3) is 0.111. The Morgan fingerprint density at radius 2 is 2.07 bits per heavy atom. The van der Waals surface area contributed by atoms with E-state index in [2.05, 4.69) is 26.1 Å². The molecule has 4 nitrogen and oxygen atoms in total. The van der Waals surface area contributed by atoms with Crippen LogP contribution in [-0.2, 0) is 5.33 Å². The molecular weight excluding hydrogens is 244 g/mol. The molecule has 4 N–H and O–H groups in total. The third-order valence-corrected chi connectivity index (χ3v) is 2.17. The van der Waals surface area contributed by atoms with Gasteiger partial charge in [0.15, 0.2) is 0 Å². The third kappa shape index (κ3) is 3.18. The second-order valence-electron chi connectivity index (χ2n) is 2.60. The van der Waals surface area contributed by atoms with Crippen molar-refractivity contribution in [3.8, 4) is 0 Å². The lowest BCUT2D eigenvalue weighted by Gasteiger charge is -1.98. The number of halogens is 1. The maximum absolute atomic E-state index is 5.13. The Balaban J connectivity index is 2.85. The minimum atomic E-state index is -0.0439.